The molecule has 0 radical (unpaired) electrons. The van der Waals surface area contributed by atoms with E-state index < -0.39 is 0 Å². The molecule has 0 aliphatic heterocycles. The summed E-state index contributed by atoms with van der Waals surface area (Å²) in [5.74, 6) is -0.165. The van der Waals surface area contributed by atoms with Crippen molar-refractivity contribution in [3.05, 3.63) is 102 Å². The Hall–Kier alpha value is -4.98. The lowest BCUT2D eigenvalue weighted by Gasteiger charge is -2.21. The largest absolute Gasteiger partial charge is 0.402 e. The lowest BCUT2D eigenvalue weighted by Crippen LogP contribution is -2.31. The van der Waals surface area contributed by atoms with Gasteiger partial charge in [-0.05, 0) is 66.5 Å². The highest BCUT2D eigenvalue weighted by molar-refractivity contribution is 6.00. The summed E-state index contributed by atoms with van der Waals surface area (Å²) in [6.07, 6.45) is 11.6. The first-order chi connectivity index (χ1) is 20.5. The first kappa shape index (κ1) is 26.0. The number of nitrogens with one attached hydrogen (secondary N) is 3. The molecule has 0 bridgehead atoms. The van der Waals surface area contributed by atoms with Crippen LogP contribution in [0, 0.1) is 11.7 Å². The summed E-state index contributed by atoms with van der Waals surface area (Å²) in [6, 6.07) is 18.5. The van der Waals surface area contributed by atoms with Gasteiger partial charge in [0.15, 0.2) is 0 Å². The van der Waals surface area contributed by atoms with Gasteiger partial charge in [0.2, 0.25) is 5.91 Å². The number of amides is 1. The van der Waals surface area contributed by atoms with E-state index in [1.807, 2.05) is 60.7 Å². The Morgan fingerprint density at radius 1 is 0.952 bits per heavy atom. The third-order valence-electron chi connectivity index (χ3n) is 8.24. The van der Waals surface area contributed by atoms with Gasteiger partial charge in [0, 0.05) is 40.2 Å². The molecular formula is C34H31FN6O. The van der Waals surface area contributed by atoms with E-state index in [0.717, 1.165) is 64.6 Å². The maximum Gasteiger partial charge on any atom is 0.227 e. The Labute approximate surface area is 242 Å². The molecule has 0 unspecified atom stereocenters. The van der Waals surface area contributed by atoms with Crippen LogP contribution in [0.4, 0.5) is 4.39 Å². The fourth-order valence-corrected chi connectivity index (χ4v) is 6.06. The molecule has 3 heterocycles. The highest BCUT2D eigenvalue weighted by Crippen LogP contribution is 2.35. The topological polar surface area (TPSA) is 112 Å². The van der Waals surface area contributed by atoms with Crippen LogP contribution in [-0.2, 0) is 4.79 Å². The summed E-state index contributed by atoms with van der Waals surface area (Å²) in [6.45, 7) is 0. The number of aromatic amines is 2. The van der Waals surface area contributed by atoms with Crippen LogP contribution in [-0.4, -0.2) is 26.1 Å². The Morgan fingerprint density at radius 3 is 2.64 bits per heavy atom. The average molecular weight is 559 g/mol. The van der Waals surface area contributed by atoms with Crippen molar-refractivity contribution in [2.75, 3.05) is 0 Å². The number of pyridine rings is 1. The second kappa shape index (κ2) is 10.8. The number of hydrogen-bond donors (Lipinski definition) is 4. The first-order valence-electron chi connectivity index (χ1n) is 14.4. The van der Waals surface area contributed by atoms with Crippen LogP contribution < -0.4 is 11.1 Å². The molecule has 0 atom stereocenters. The van der Waals surface area contributed by atoms with Gasteiger partial charge in [-0.1, -0.05) is 55.7 Å². The van der Waals surface area contributed by atoms with Gasteiger partial charge in [0.25, 0.3) is 0 Å². The summed E-state index contributed by atoms with van der Waals surface area (Å²) in [5.41, 5.74) is 14.4. The molecule has 7 rings (SSSR count). The first-order valence-corrected chi connectivity index (χ1v) is 14.4. The number of hydrogen-bond acceptors (Lipinski definition) is 4. The number of benzene rings is 2. The average Bonchev–Trinajstić information content (AvgIpc) is 3.58. The van der Waals surface area contributed by atoms with Crippen LogP contribution in [0.25, 0.3) is 50.0 Å². The summed E-state index contributed by atoms with van der Waals surface area (Å²) in [5, 5.41) is 11.7. The predicted molar refractivity (Wildman–Crippen MR) is 164 cm³/mol. The van der Waals surface area contributed by atoms with Crippen LogP contribution in [0.5, 0.6) is 0 Å². The molecule has 1 amide bonds. The van der Waals surface area contributed by atoms with Crippen molar-refractivity contribution in [2.24, 2.45) is 11.7 Å². The van der Waals surface area contributed by atoms with Crippen LogP contribution in [0.1, 0.15) is 44.2 Å². The summed E-state index contributed by atoms with van der Waals surface area (Å²) in [4.78, 5) is 21.4. The number of halogens is 1. The van der Waals surface area contributed by atoms with E-state index in [0.29, 0.717) is 34.6 Å². The minimum Gasteiger partial charge on any atom is -0.402 e. The van der Waals surface area contributed by atoms with E-state index in [9.17, 15) is 9.18 Å². The standard InChI is InChI=1S/C34H31FN6O/c35-27-11-5-4-9-25(27)24-10-6-12-29-26(24)19-31(38-29)33-32-30(40-41-33)16-15-28(39-32)21-13-14-22(36)18-23(17-21)37-34(42)20-7-2-1-3-8-20/h4-6,9-13,15-20,38H,1-3,7-8,14,36H2,(H,37,42)(H,40,41). The molecule has 3 aromatic heterocycles. The van der Waals surface area contributed by atoms with E-state index in [1.165, 1.54) is 12.5 Å². The van der Waals surface area contributed by atoms with Crippen molar-refractivity contribution >= 4 is 33.4 Å². The van der Waals surface area contributed by atoms with Crippen LogP contribution in [0.15, 0.2) is 90.3 Å². The fourth-order valence-electron chi connectivity index (χ4n) is 6.06. The van der Waals surface area contributed by atoms with E-state index in [2.05, 4.69) is 20.5 Å². The zero-order valence-corrected chi connectivity index (χ0v) is 23.1. The molecule has 5 N–H and O–H groups in total. The highest BCUT2D eigenvalue weighted by atomic mass is 19.1. The van der Waals surface area contributed by atoms with Crippen LogP contribution in [0.3, 0.4) is 0 Å². The maximum atomic E-state index is 14.7. The molecule has 2 aliphatic rings. The Bertz CT molecular complexity index is 1920. The van der Waals surface area contributed by atoms with E-state index in [1.54, 1.807) is 12.1 Å². The maximum absolute atomic E-state index is 14.7. The molecule has 42 heavy (non-hydrogen) atoms. The van der Waals surface area contributed by atoms with Crippen LogP contribution >= 0.6 is 0 Å². The quantitative estimate of drug-likeness (QED) is 0.184. The number of nitrogens with zero attached hydrogens (tertiary/aromatic N) is 2. The molecule has 7 nitrogen and oxygen atoms in total. The van der Waals surface area contributed by atoms with Gasteiger partial charge in [0.05, 0.1) is 16.9 Å². The minimum absolute atomic E-state index is 0.0446. The van der Waals surface area contributed by atoms with E-state index in [-0.39, 0.29) is 17.6 Å². The van der Waals surface area contributed by atoms with Gasteiger partial charge in [-0.15, -0.1) is 0 Å². The van der Waals surface area contributed by atoms with Crippen LogP contribution in [0.2, 0.25) is 0 Å². The second-order valence-corrected chi connectivity index (χ2v) is 11.1. The monoisotopic (exact) mass is 558 g/mol. The SMILES string of the molecule is NC1=CC(NC(=O)C2CCCCC2)=CC(c2ccc3[nH]nc(-c4cc5c(-c6ccccc6F)cccc5[nH]4)c3n2)=CC1. The molecule has 8 heteroatoms. The van der Waals surface area contributed by atoms with Gasteiger partial charge in [-0.2, -0.15) is 5.10 Å². The number of carbonyl (C=O) groups is 1. The number of aromatic nitrogens is 4. The summed E-state index contributed by atoms with van der Waals surface area (Å²) < 4.78 is 14.7. The predicted octanol–water partition coefficient (Wildman–Crippen LogP) is 7.12. The molecule has 1 fully saturated rings. The zero-order chi connectivity index (χ0) is 28.6. The Kier molecular flexibility index (Phi) is 6.66. The van der Waals surface area contributed by atoms with E-state index in [4.69, 9.17) is 10.7 Å². The number of H-pyrrole nitrogens is 2. The van der Waals surface area contributed by atoms with Gasteiger partial charge in [-0.3, -0.25) is 9.89 Å². The molecule has 0 saturated heterocycles. The Balaban J connectivity index is 1.24. The van der Waals surface area contributed by atoms with Gasteiger partial charge < -0.3 is 16.0 Å². The number of carbonyl (C=O) groups excluding carboxylic acids is 1. The summed E-state index contributed by atoms with van der Waals surface area (Å²) in [7, 11) is 0. The highest BCUT2D eigenvalue weighted by Gasteiger charge is 2.22. The smallest absolute Gasteiger partial charge is 0.227 e. The van der Waals surface area contributed by atoms with E-state index >= 15 is 0 Å². The van der Waals surface area contributed by atoms with Crippen molar-refractivity contribution in [3.8, 4) is 22.5 Å². The lowest BCUT2D eigenvalue weighted by molar-refractivity contribution is -0.125. The van der Waals surface area contributed by atoms with Crippen molar-refractivity contribution in [1.82, 2.24) is 25.5 Å². The van der Waals surface area contributed by atoms with Crippen molar-refractivity contribution in [1.29, 1.82) is 0 Å². The third-order valence-corrected chi connectivity index (χ3v) is 8.24. The van der Waals surface area contributed by atoms with Gasteiger partial charge >= 0.3 is 0 Å². The van der Waals surface area contributed by atoms with Gasteiger partial charge in [-0.25, -0.2) is 9.37 Å². The fraction of sp³-hybridized carbons (Fsp3) is 0.206. The molecule has 2 aromatic carbocycles. The minimum atomic E-state index is -0.265. The molecule has 0 spiro atoms. The number of fused-ring (bicyclic) bond motifs is 2. The normalized spacial score (nSPS) is 16.2. The van der Waals surface area contributed by atoms with Crippen molar-refractivity contribution < 1.29 is 9.18 Å². The molecule has 5 aromatic rings. The molecule has 210 valence electrons. The zero-order valence-electron chi connectivity index (χ0n) is 23.1. The van der Waals surface area contributed by atoms with Crippen molar-refractivity contribution in [3.63, 3.8) is 0 Å². The summed E-state index contributed by atoms with van der Waals surface area (Å²) >= 11 is 0. The Morgan fingerprint density at radius 2 is 1.79 bits per heavy atom. The molecule has 1 saturated carbocycles. The lowest BCUT2D eigenvalue weighted by atomic mass is 9.88. The second-order valence-electron chi connectivity index (χ2n) is 11.1. The third kappa shape index (κ3) is 4.89. The van der Waals surface area contributed by atoms with Gasteiger partial charge in [0.1, 0.15) is 17.0 Å². The number of allylic oxidation sites excluding steroid dienone is 4. The number of rotatable bonds is 5. The number of nitrogens with two attached hydrogens (primary N) is 1. The molecular weight excluding hydrogens is 527 g/mol. The van der Waals surface area contributed by atoms with Crippen molar-refractivity contribution in [2.45, 2.75) is 38.5 Å². The molecule has 2 aliphatic carbocycles.